The molecule has 0 aliphatic heterocycles. The number of nitrogens with zero attached hydrogens (tertiary/aromatic N) is 2. The Bertz CT molecular complexity index is 858. The van der Waals surface area contributed by atoms with Crippen LogP contribution in [0.1, 0.15) is 5.69 Å². The first-order valence-electron chi connectivity index (χ1n) is 6.44. The molecule has 0 saturated heterocycles. The molecule has 0 saturated carbocycles. The smallest absolute Gasteiger partial charge is 0.251 e. The number of benzene rings is 1. The Morgan fingerprint density at radius 2 is 1.81 bits per heavy atom. The fourth-order valence-corrected chi connectivity index (χ4v) is 2.29. The Balaban J connectivity index is 2.18. The lowest BCUT2D eigenvalue weighted by Crippen LogP contribution is -2.09. The van der Waals surface area contributed by atoms with Crippen molar-refractivity contribution < 1.29 is 0 Å². The summed E-state index contributed by atoms with van der Waals surface area (Å²) in [4.78, 5) is 23.4. The lowest BCUT2D eigenvalue weighted by molar-refractivity contribution is 1.09. The summed E-state index contributed by atoms with van der Waals surface area (Å²) >= 11 is 6.17. The normalized spacial score (nSPS) is 10.6. The summed E-state index contributed by atoms with van der Waals surface area (Å²) in [5.41, 5.74) is 2.50. The summed E-state index contributed by atoms with van der Waals surface area (Å²) in [6, 6.07) is 14.3. The van der Waals surface area contributed by atoms with E-state index in [1.54, 1.807) is 6.07 Å². The Morgan fingerprint density at radius 3 is 2.57 bits per heavy atom. The van der Waals surface area contributed by atoms with E-state index in [9.17, 15) is 4.79 Å². The highest BCUT2D eigenvalue weighted by Gasteiger charge is 2.09. The second-order valence-corrected chi connectivity index (χ2v) is 5.03. The van der Waals surface area contributed by atoms with Crippen LogP contribution >= 0.6 is 11.6 Å². The standard InChI is InChI=1S/C16H12ClN3O/c1-10-5-4-8-13(18-10)16-19-14(9-15(21)20-16)11-6-2-3-7-12(11)17/h2-9H,1H3,(H,19,20,21). The van der Waals surface area contributed by atoms with Gasteiger partial charge in [0.05, 0.1) is 5.69 Å². The lowest BCUT2D eigenvalue weighted by atomic mass is 10.1. The number of nitrogens with one attached hydrogen (secondary N) is 1. The summed E-state index contributed by atoms with van der Waals surface area (Å²) in [6.07, 6.45) is 0. The van der Waals surface area contributed by atoms with Gasteiger partial charge < -0.3 is 4.98 Å². The van der Waals surface area contributed by atoms with Crippen molar-refractivity contribution in [2.45, 2.75) is 6.92 Å². The quantitative estimate of drug-likeness (QED) is 0.788. The van der Waals surface area contributed by atoms with Gasteiger partial charge in [-0.05, 0) is 25.1 Å². The summed E-state index contributed by atoms with van der Waals surface area (Å²) in [5.74, 6) is 0.432. The number of halogens is 1. The lowest BCUT2D eigenvalue weighted by Gasteiger charge is -2.06. The Labute approximate surface area is 126 Å². The molecule has 1 N–H and O–H groups in total. The third-order valence-corrected chi connectivity index (χ3v) is 3.35. The van der Waals surface area contributed by atoms with Gasteiger partial charge in [0, 0.05) is 22.3 Å². The summed E-state index contributed by atoms with van der Waals surface area (Å²) < 4.78 is 0. The predicted molar refractivity (Wildman–Crippen MR) is 83.3 cm³/mol. The molecule has 0 bridgehead atoms. The molecule has 0 spiro atoms. The number of pyridine rings is 1. The molecule has 0 amide bonds. The van der Waals surface area contributed by atoms with Crippen LogP contribution in [0.5, 0.6) is 0 Å². The monoisotopic (exact) mass is 297 g/mol. The van der Waals surface area contributed by atoms with E-state index in [0.717, 1.165) is 11.3 Å². The molecule has 0 aliphatic carbocycles. The summed E-state index contributed by atoms with van der Waals surface area (Å²) in [7, 11) is 0. The fraction of sp³-hybridized carbons (Fsp3) is 0.0625. The number of rotatable bonds is 2. The minimum atomic E-state index is -0.238. The van der Waals surface area contributed by atoms with Gasteiger partial charge in [0.1, 0.15) is 5.69 Å². The number of hydrogen-bond donors (Lipinski definition) is 1. The fourth-order valence-electron chi connectivity index (χ4n) is 2.06. The molecule has 2 heterocycles. The molecular weight excluding hydrogens is 286 g/mol. The van der Waals surface area contributed by atoms with Crippen LogP contribution in [-0.2, 0) is 0 Å². The molecule has 5 heteroatoms. The van der Waals surface area contributed by atoms with Crippen molar-refractivity contribution in [1.82, 2.24) is 15.0 Å². The Morgan fingerprint density at radius 1 is 1.00 bits per heavy atom. The van der Waals surface area contributed by atoms with Crippen LogP contribution in [0.2, 0.25) is 5.02 Å². The molecule has 1 aromatic carbocycles. The number of aryl methyl sites for hydroxylation is 1. The van der Waals surface area contributed by atoms with Crippen molar-refractivity contribution in [3.63, 3.8) is 0 Å². The zero-order chi connectivity index (χ0) is 14.8. The first-order chi connectivity index (χ1) is 10.1. The van der Waals surface area contributed by atoms with Gasteiger partial charge in [-0.15, -0.1) is 0 Å². The van der Waals surface area contributed by atoms with Crippen molar-refractivity contribution in [2.75, 3.05) is 0 Å². The largest absolute Gasteiger partial charge is 0.305 e. The SMILES string of the molecule is Cc1cccc(-c2nc(-c3ccccc3Cl)cc(=O)[nH]2)n1. The molecule has 2 aromatic heterocycles. The van der Waals surface area contributed by atoms with Gasteiger partial charge in [-0.1, -0.05) is 35.9 Å². The van der Waals surface area contributed by atoms with Crippen LogP contribution in [0.4, 0.5) is 0 Å². The predicted octanol–water partition coefficient (Wildman–Crippen LogP) is 3.46. The molecule has 3 aromatic rings. The Kier molecular flexibility index (Phi) is 3.54. The van der Waals surface area contributed by atoms with Crippen molar-refractivity contribution in [3.8, 4) is 22.8 Å². The van der Waals surface area contributed by atoms with E-state index >= 15 is 0 Å². The van der Waals surface area contributed by atoms with Gasteiger partial charge in [-0.2, -0.15) is 0 Å². The summed E-state index contributed by atoms with van der Waals surface area (Å²) in [6.45, 7) is 1.89. The first-order valence-corrected chi connectivity index (χ1v) is 6.81. The van der Waals surface area contributed by atoms with E-state index in [-0.39, 0.29) is 5.56 Å². The van der Waals surface area contributed by atoms with Crippen LogP contribution < -0.4 is 5.56 Å². The minimum Gasteiger partial charge on any atom is -0.305 e. The third kappa shape index (κ3) is 2.85. The van der Waals surface area contributed by atoms with Crippen LogP contribution in [0.3, 0.4) is 0 Å². The van der Waals surface area contributed by atoms with Crippen LogP contribution in [0.15, 0.2) is 53.3 Å². The van der Waals surface area contributed by atoms with Gasteiger partial charge >= 0.3 is 0 Å². The first kappa shape index (κ1) is 13.5. The highest BCUT2D eigenvalue weighted by atomic mass is 35.5. The molecule has 0 atom stereocenters. The van der Waals surface area contributed by atoms with Gasteiger partial charge in [0.25, 0.3) is 5.56 Å². The molecule has 0 radical (unpaired) electrons. The van der Waals surface area contributed by atoms with Gasteiger partial charge in [0.2, 0.25) is 0 Å². The maximum atomic E-state index is 11.9. The topological polar surface area (TPSA) is 58.6 Å². The molecule has 104 valence electrons. The average molecular weight is 298 g/mol. The Hall–Kier alpha value is -2.46. The molecule has 0 aliphatic rings. The average Bonchev–Trinajstić information content (AvgIpc) is 2.47. The number of aromatic amines is 1. The van der Waals surface area contributed by atoms with E-state index in [2.05, 4.69) is 15.0 Å². The van der Waals surface area contributed by atoms with Crippen molar-refractivity contribution >= 4 is 11.6 Å². The van der Waals surface area contributed by atoms with E-state index in [0.29, 0.717) is 22.2 Å². The number of hydrogen-bond acceptors (Lipinski definition) is 3. The molecule has 0 fully saturated rings. The van der Waals surface area contributed by atoms with Crippen molar-refractivity contribution in [2.24, 2.45) is 0 Å². The third-order valence-electron chi connectivity index (χ3n) is 3.02. The van der Waals surface area contributed by atoms with Gasteiger partial charge in [0.15, 0.2) is 5.82 Å². The molecule has 4 nitrogen and oxygen atoms in total. The molecule has 3 rings (SSSR count). The van der Waals surface area contributed by atoms with Crippen LogP contribution in [0.25, 0.3) is 22.8 Å². The maximum Gasteiger partial charge on any atom is 0.251 e. The second kappa shape index (κ2) is 5.50. The van der Waals surface area contributed by atoms with E-state index in [1.165, 1.54) is 6.07 Å². The van der Waals surface area contributed by atoms with E-state index in [4.69, 9.17) is 11.6 Å². The molecular formula is C16H12ClN3O. The number of aromatic nitrogens is 3. The van der Waals surface area contributed by atoms with Crippen molar-refractivity contribution in [3.05, 3.63) is 69.6 Å². The highest BCUT2D eigenvalue weighted by molar-refractivity contribution is 6.33. The van der Waals surface area contributed by atoms with Gasteiger partial charge in [-0.25, -0.2) is 9.97 Å². The molecule has 0 unspecified atom stereocenters. The van der Waals surface area contributed by atoms with E-state index in [1.807, 2.05) is 43.3 Å². The minimum absolute atomic E-state index is 0.238. The zero-order valence-electron chi connectivity index (χ0n) is 11.3. The summed E-state index contributed by atoms with van der Waals surface area (Å²) in [5, 5.41) is 0.554. The second-order valence-electron chi connectivity index (χ2n) is 4.62. The van der Waals surface area contributed by atoms with Crippen molar-refractivity contribution in [1.29, 1.82) is 0 Å². The van der Waals surface area contributed by atoms with Crippen LogP contribution in [-0.4, -0.2) is 15.0 Å². The number of H-pyrrole nitrogens is 1. The van der Waals surface area contributed by atoms with Gasteiger partial charge in [-0.3, -0.25) is 4.79 Å². The molecule has 21 heavy (non-hydrogen) atoms. The highest BCUT2D eigenvalue weighted by Crippen LogP contribution is 2.26. The van der Waals surface area contributed by atoms with E-state index < -0.39 is 0 Å². The zero-order valence-corrected chi connectivity index (χ0v) is 12.1. The maximum absolute atomic E-state index is 11.9. The van der Waals surface area contributed by atoms with Crippen LogP contribution in [0, 0.1) is 6.92 Å².